The Kier molecular flexibility index (Phi) is 4.69. The summed E-state index contributed by atoms with van der Waals surface area (Å²) < 4.78 is 5.10. The highest BCUT2D eigenvalue weighted by Gasteiger charge is 2.54. The van der Waals surface area contributed by atoms with E-state index in [1.807, 2.05) is 0 Å². The van der Waals surface area contributed by atoms with Gasteiger partial charge < -0.3 is 20.0 Å². The number of aliphatic carboxylic acids is 1. The Bertz CT molecular complexity index is 595. The number of carbonyl (C=O) groups excluding carboxylic acids is 3. The van der Waals surface area contributed by atoms with E-state index in [1.165, 1.54) is 11.8 Å². The SMILES string of the molecule is CC(C)(C)OC(=O)NC1C(=O)N2C(C(=O)O)=C(CC=O)CSC12. The highest BCUT2D eigenvalue weighted by atomic mass is 32.2. The molecule has 1 saturated heterocycles. The molecule has 2 unspecified atom stereocenters. The summed E-state index contributed by atoms with van der Waals surface area (Å²) in [6.45, 7) is 5.11. The molecule has 0 aromatic carbocycles. The van der Waals surface area contributed by atoms with E-state index >= 15 is 0 Å². The van der Waals surface area contributed by atoms with Crippen LogP contribution in [0.4, 0.5) is 4.79 Å². The smallest absolute Gasteiger partial charge is 0.408 e. The number of ether oxygens (including phenoxy) is 1. The van der Waals surface area contributed by atoms with Gasteiger partial charge in [0.2, 0.25) is 0 Å². The van der Waals surface area contributed by atoms with Crippen LogP contribution in [0.15, 0.2) is 11.3 Å². The molecule has 9 heteroatoms. The fourth-order valence-corrected chi connectivity index (χ4v) is 3.74. The van der Waals surface area contributed by atoms with Gasteiger partial charge in [-0.2, -0.15) is 0 Å². The molecule has 1 fully saturated rings. The Labute approximate surface area is 137 Å². The van der Waals surface area contributed by atoms with E-state index < -0.39 is 35.0 Å². The van der Waals surface area contributed by atoms with Gasteiger partial charge in [0, 0.05) is 12.2 Å². The summed E-state index contributed by atoms with van der Waals surface area (Å²) in [4.78, 5) is 47.2. The topological polar surface area (TPSA) is 113 Å². The van der Waals surface area contributed by atoms with Gasteiger partial charge in [0.25, 0.3) is 5.91 Å². The highest BCUT2D eigenvalue weighted by Crippen LogP contribution is 2.40. The number of carboxylic acid groups (broad SMARTS) is 1. The lowest BCUT2D eigenvalue weighted by molar-refractivity contribution is -0.149. The summed E-state index contributed by atoms with van der Waals surface area (Å²) >= 11 is 1.31. The van der Waals surface area contributed by atoms with Gasteiger partial charge in [0.15, 0.2) is 0 Å². The number of rotatable bonds is 4. The number of fused-ring (bicyclic) bond motifs is 1. The predicted octanol–water partition coefficient (Wildman–Crippen LogP) is 0.722. The lowest BCUT2D eigenvalue weighted by atomic mass is 10.0. The molecular formula is C14H18N2O6S. The van der Waals surface area contributed by atoms with E-state index in [0.29, 0.717) is 17.6 Å². The number of β-lactam (4-membered cyclic amide) rings is 1. The first kappa shape index (κ1) is 17.3. The fourth-order valence-electron chi connectivity index (χ4n) is 2.38. The molecule has 0 aromatic heterocycles. The van der Waals surface area contributed by atoms with Gasteiger partial charge in [-0.05, 0) is 26.3 Å². The first-order chi connectivity index (χ1) is 10.7. The van der Waals surface area contributed by atoms with Crippen molar-refractivity contribution in [3.63, 3.8) is 0 Å². The minimum Gasteiger partial charge on any atom is -0.477 e. The Morgan fingerprint density at radius 3 is 2.65 bits per heavy atom. The summed E-state index contributed by atoms with van der Waals surface area (Å²) in [5, 5.41) is 11.3. The number of hydrogen-bond acceptors (Lipinski definition) is 6. The van der Waals surface area contributed by atoms with Crippen LogP contribution in [0.2, 0.25) is 0 Å². The Hall–Kier alpha value is -2.03. The third-order valence-corrected chi connectivity index (χ3v) is 4.59. The number of thioether (sulfide) groups is 1. The first-order valence-electron chi connectivity index (χ1n) is 6.99. The highest BCUT2D eigenvalue weighted by molar-refractivity contribution is 8.00. The van der Waals surface area contributed by atoms with E-state index in [2.05, 4.69) is 5.32 Å². The van der Waals surface area contributed by atoms with Crippen molar-refractivity contribution in [3.8, 4) is 0 Å². The summed E-state index contributed by atoms with van der Waals surface area (Å²) in [6, 6.07) is -0.831. The summed E-state index contributed by atoms with van der Waals surface area (Å²) in [5.41, 5.74) is -0.453. The fraction of sp³-hybridized carbons (Fsp3) is 0.571. The van der Waals surface area contributed by atoms with Crippen molar-refractivity contribution in [2.75, 3.05) is 5.75 Å². The van der Waals surface area contributed by atoms with Crippen LogP contribution in [0.3, 0.4) is 0 Å². The van der Waals surface area contributed by atoms with Crippen LogP contribution in [0, 0.1) is 0 Å². The third-order valence-electron chi connectivity index (χ3n) is 3.25. The maximum absolute atomic E-state index is 12.2. The molecule has 23 heavy (non-hydrogen) atoms. The molecule has 0 aliphatic carbocycles. The van der Waals surface area contributed by atoms with Crippen LogP contribution in [0.5, 0.6) is 0 Å². The zero-order valence-electron chi connectivity index (χ0n) is 13.0. The van der Waals surface area contributed by atoms with Crippen molar-refractivity contribution in [3.05, 3.63) is 11.3 Å². The molecule has 0 bridgehead atoms. The summed E-state index contributed by atoms with van der Waals surface area (Å²) in [6.07, 6.45) is -0.148. The Balaban J connectivity index is 2.13. The van der Waals surface area contributed by atoms with Crippen LogP contribution in [0.1, 0.15) is 27.2 Å². The number of carbonyl (C=O) groups is 4. The third kappa shape index (κ3) is 3.49. The molecule has 126 valence electrons. The maximum Gasteiger partial charge on any atom is 0.408 e. The normalized spacial score (nSPS) is 23.8. The maximum atomic E-state index is 12.2. The lowest BCUT2D eigenvalue weighted by Gasteiger charge is -2.49. The second-order valence-corrected chi connectivity index (χ2v) is 7.27. The van der Waals surface area contributed by atoms with Gasteiger partial charge in [-0.15, -0.1) is 11.8 Å². The molecular weight excluding hydrogens is 324 g/mol. The minimum atomic E-state index is -1.25. The molecule has 2 aliphatic heterocycles. The van der Waals surface area contributed by atoms with Crippen LogP contribution in [-0.2, 0) is 19.1 Å². The molecule has 2 aliphatic rings. The molecule has 2 heterocycles. The quantitative estimate of drug-likeness (QED) is 0.572. The van der Waals surface area contributed by atoms with Crippen LogP contribution in [0.25, 0.3) is 0 Å². The zero-order chi connectivity index (χ0) is 17.4. The Morgan fingerprint density at radius 1 is 1.48 bits per heavy atom. The Morgan fingerprint density at radius 2 is 2.13 bits per heavy atom. The average Bonchev–Trinajstić information content (AvgIpc) is 2.42. The molecule has 2 rings (SSSR count). The molecule has 0 saturated carbocycles. The van der Waals surface area contributed by atoms with Crippen molar-refractivity contribution in [1.29, 1.82) is 0 Å². The molecule has 0 aromatic rings. The van der Waals surface area contributed by atoms with Crippen LogP contribution < -0.4 is 5.32 Å². The molecule has 8 nitrogen and oxygen atoms in total. The minimum absolute atomic E-state index is 0.0324. The predicted molar refractivity (Wildman–Crippen MR) is 81.6 cm³/mol. The van der Waals surface area contributed by atoms with E-state index in [9.17, 15) is 24.3 Å². The second-order valence-electron chi connectivity index (χ2n) is 6.16. The zero-order valence-corrected chi connectivity index (χ0v) is 13.8. The number of carboxylic acids is 1. The average molecular weight is 342 g/mol. The van der Waals surface area contributed by atoms with Crippen LogP contribution in [-0.4, -0.2) is 57.0 Å². The van der Waals surface area contributed by atoms with Crippen molar-refractivity contribution < 1.29 is 29.0 Å². The lowest BCUT2D eigenvalue weighted by Crippen LogP contribution is -2.70. The largest absolute Gasteiger partial charge is 0.477 e. The van der Waals surface area contributed by atoms with Crippen molar-refractivity contribution >= 4 is 36.0 Å². The van der Waals surface area contributed by atoms with Gasteiger partial charge in [-0.1, -0.05) is 0 Å². The molecule has 0 radical (unpaired) electrons. The van der Waals surface area contributed by atoms with Gasteiger partial charge in [0.1, 0.15) is 29.0 Å². The van der Waals surface area contributed by atoms with Crippen molar-refractivity contribution in [1.82, 2.24) is 10.2 Å². The molecule has 2 N–H and O–H groups in total. The molecule has 2 atom stereocenters. The molecule has 2 amide bonds. The molecule has 0 spiro atoms. The summed E-state index contributed by atoms with van der Waals surface area (Å²) in [5.74, 6) is -1.45. The number of hydrogen-bond donors (Lipinski definition) is 2. The van der Waals surface area contributed by atoms with Gasteiger partial charge in [-0.25, -0.2) is 9.59 Å². The van der Waals surface area contributed by atoms with Gasteiger partial charge in [0.05, 0.1) is 0 Å². The van der Waals surface area contributed by atoms with E-state index in [-0.39, 0.29) is 12.1 Å². The van der Waals surface area contributed by atoms with Gasteiger partial charge >= 0.3 is 12.1 Å². The number of alkyl carbamates (subject to hydrolysis) is 1. The van der Waals surface area contributed by atoms with E-state index in [1.54, 1.807) is 20.8 Å². The van der Waals surface area contributed by atoms with Crippen molar-refractivity contribution in [2.24, 2.45) is 0 Å². The number of amides is 2. The monoisotopic (exact) mass is 342 g/mol. The van der Waals surface area contributed by atoms with Gasteiger partial charge in [-0.3, -0.25) is 9.69 Å². The standard InChI is InChI=1S/C14H18N2O6S/c1-14(2,3)22-13(21)15-8-10(18)16-9(12(19)20)7(4-5-17)6-23-11(8)16/h5,8,11H,4,6H2,1-3H3,(H,15,21)(H,19,20). The second kappa shape index (κ2) is 6.23. The van der Waals surface area contributed by atoms with Crippen molar-refractivity contribution in [2.45, 2.75) is 44.2 Å². The first-order valence-corrected chi connectivity index (χ1v) is 8.03. The number of nitrogens with one attached hydrogen (secondary N) is 1. The number of aldehydes is 1. The summed E-state index contributed by atoms with van der Waals surface area (Å²) in [7, 11) is 0. The number of nitrogens with zero attached hydrogens (tertiary/aromatic N) is 1. The van der Waals surface area contributed by atoms with E-state index in [4.69, 9.17) is 4.74 Å². The van der Waals surface area contributed by atoms with E-state index in [0.717, 1.165) is 4.90 Å². The van der Waals surface area contributed by atoms with Crippen LogP contribution >= 0.6 is 11.8 Å².